The molecular weight excluding hydrogens is 202 g/mol. The Morgan fingerprint density at radius 1 is 1.31 bits per heavy atom. The molecule has 0 spiro atoms. The van der Waals surface area contributed by atoms with Crippen LogP contribution in [0.5, 0.6) is 0 Å². The summed E-state index contributed by atoms with van der Waals surface area (Å²) in [5, 5.41) is 0. The van der Waals surface area contributed by atoms with E-state index in [1.165, 1.54) is 7.11 Å². The molecule has 0 aromatic heterocycles. The van der Waals surface area contributed by atoms with Crippen LogP contribution in [0.15, 0.2) is 12.7 Å². The molecule has 0 amide bonds. The molecule has 0 N–H and O–H groups in total. The Kier molecular flexibility index (Phi) is 15.7. The van der Waals surface area contributed by atoms with Crippen molar-refractivity contribution < 1.29 is 9.53 Å². The summed E-state index contributed by atoms with van der Waals surface area (Å²) in [6.07, 6.45) is 2.31. The molecule has 0 aliphatic rings. The Labute approximate surface area is 101 Å². The monoisotopic (exact) mass is 231 g/mol. The van der Waals surface area contributed by atoms with Gasteiger partial charge in [0.25, 0.3) is 0 Å². The third-order valence-electron chi connectivity index (χ3n) is 2.15. The lowest BCUT2D eigenvalue weighted by Crippen LogP contribution is -2.48. The third kappa shape index (κ3) is 6.62. The van der Waals surface area contributed by atoms with Crippen LogP contribution in [0.2, 0.25) is 0 Å². The lowest BCUT2D eigenvalue weighted by molar-refractivity contribution is -0.152. The lowest BCUT2D eigenvalue weighted by Gasteiger charge is -2.32. The molecule has 0 saturated carbocycles. The molecule has 0 rings (SSSR count). The minimum absolute atomic E-state index is 0.229. The number of carbonyl (C=O) groups is 1. The van der Waals surface area contributed by atoms with Gasteiger partial charge in [-0.2, -0.15) is 0 Å². The van der Waals surface area contributed by atoms with Gasteiger partial charge in [-0.25, -0.2) is 0 Å². The molecule has 1 atom stereocenters. The van der Waals surface area contributed by atoms with Gasteiger partial charge in [-0.15, -0.1) is 6.58 Å². The number of hydrogen-bond donors (Lipinski definition) is 0. The fourth-order valence-corrected chi connectivity index (χ4v) is 0.949. The third-order valence-corrected chi connectivity index (χ3v) is 2.15. The van der Waals surface area contributed by atoms with Crippen LogP contribution in [0.3, 0.4) is 0 Å². The number of carbonyl (C=O) groups excluding carboxylic acids is 1. The van der Waals surface area contributed by atoms with E-state index >= 15 is 0 Å². The van der Waals surface area contributed by atoms with Crippen molar-refractivity contribution in [2.24, 2.45) is 0 Å². The van der Waals surface area contributed by atoms with Crippen LogP contribution in [0.25, 0.3) is 0 Å². The van der Waals surface area contributed by atoms with Crippen LogP contribution in [0, 0.1) is 0 Å². The molecule has 0 saturated heterocycles. The maximum absolute atomic E-state index is 11.4. The predicted molar refractivity (Wildman–Crippen MR) is 71.6 cm³/mol. The lowest BCUT2D eigenvalue weighted by atomic mass is 9.97. The Hall–Kier alpha value is -0.830. The first-order valence-corrected chi connectivity index (χ1v) is 5.85. The van der Waals surface area contributed by atoms with E-state index in [1.54, 1.807) is 6.08 Å². The van der Waals surface area contributed by atoms with Gasteiger partial charge in [-0.3, -0.25) is 9.69 Å². The van der Waals surface area contributed by atoms with Gasteiger partial charge in [0.2, 0.25) is 0 Å². The smallest absolute Gasteiger partial charge is 0.326 e. The maximum Gasteiger partial charge on any atom is 0.326 e. The summed E-state index contributed by atoms with van der Waals surface area (Å²) in [5.74, 6) is -0.229. The van der Waals surface area contributed by atoms with Crippen LogP contribution in [0.4, 0.5) is 0 Å². The van der Waals surface area contributed by atoms with E-state index in [-0.39, 0.29) is 5.97 Å². The van der Waals surface area contributed by atoms with Crippen molar-refractivity contribution in [3.63, 3.8) is 0 Å². The van der Waals surface area contributed by atoms with Gasteiger partial charge in [-0.1, -0.05) is 33.8 Å². The van der Waals surface area contributed by atoms with Crippen LogP contribution in [-0.4, -0.2) is 37.6 Å². The molecule has 0 bridgehead atoms. The minimum atomic E-state index is -0.587. The largest absolute Gasteiger partial charge is 0.468 e. The fraction of sp³-hybridized carbons (Fsp3) is 0.769. The zero-order valence-electron chi connectivity index (χ0n) is 12.3. The quantitative estimate of drug-likeness (QED) is 0.550. The van der Waals surface area contributed by atoms with E-state index in [4.69, 9.17) is 4.74 Å². The summed E-state index contributed by atoms with van der Waals surface area (Å²) in [4.78, 5) is 13.2. The van der Waals surface area contributed by atoms with E-state index in [0.29, 0.717) is 6.42 Å². The molecule has 3 heteroatoms. The van der Waals surface area contributed by atoms with Crippen LogP contribution in [0.1, 0.15) is 41.0 Å². The first kappa shape index (κ1) is 20.6. The molecule has 0 fully saturated rings. The van der Waals surface area contributed by atoms with Crippen molar-refractivity contribution in [1.82, 2.24) is 4.90 Å². The Balaban J connectivity index is -0.000000376. The molecular formula is C13H29NO2. The summed E-state index contributed by atoms with van der Waals surface area (Å²) in [6, 6.07) is 0. The highest BCUT2D eigenvalue weighted by molar-refractivity contribution is 5.80. The van der Waals surface area contributed by atoms with Gasteiger partial charge in [0.15, 0.2) is 0 Å². The highest BCUT2D eigenvalue weighted by atomic mass is 16.5. The minimum Gasteiger partial charge on any atom is -0.468 e. The molecule has 16 heavy (non-hydrogen) atoms. The van der Waals surface area contributed by atoms with Gasteiger partial charge in [0.05, 0.1) is 7.11 Å². The average Bonchev–Trinajstić information content (AvgIpc) is 2.33. The normalized spacial score (nSPS) is 12.3. The van der Waals surface area contributed by atoms with E-state index in [9.17, 15) is 4.79 Å². The second-order valence-electron chi connectivity index (χ2n) is 3.15. The topological polar surface area (TPSA) is 29.5 Å². The van der Waals surface area contributed by atoms with Gasteiger partial charge >= 0.3 is 5.97 Å². The van der Waals surface area contributed by atoms with Crippen LogP contribution in [-0.2, 0) is 9.53 Å². The highest BCUT2D eigenvalue weighted by Gasteiger charge is 2.35. The zero-order valence-corrected chi connectivity index (χ0v) is 12.3. The molecule has 0 aliphatic carbocycles. The molecule has 3 nitrogen and oxygen atoms in total. The number of likely N-dealkylation sites (N-methyl/N-ethyl adjacent to an activating group) is 1. The van der Waals surface area contributed by atoms with Gasteiger partial charge in [0.1, 0.15) is 5.54 Å². The molecule has 0 radical (unpaired) electrons. The molecule has 0 aliphatic heterocycles. The van der Waals surface area contributed by atoms with Crippen LogP contribution < -0.4 is 0 Å². The number of hydrogen-bond acceptors (Lipinski definition) is 3. The number of nitrogens with zero attached hydrogens (tertiary/aromatic N) is 1. The number of rotatable bonds is 4. The first-order chi connectivity index (χ1) is 7.49. The summed E-state index contributed by atoms with van der Waals surface area (Å²) in [7, 11) is 5.09. The number of methoxy groups -OCH3 is 1. The van der Waals surface area contributed by atoms with Gasteiger partial charge < -0.3 is 4.74 Å². The van der Waals surface area contributed by atoms with Crippen molar-refractivity contribution in [1.29, 1.82) is 0 Å². The van der Waals surface area contributed by atoms with Gasteiger partial charge in [-0.05, 0) is 27.4 Å². The molecule has 0 heterocycles. The van der Waals surface area contributed by atoms with E-state index in [1.807, 2.05) is 53.6 Å². The van der Waals surface area contributed by atoms with E-state index < -0.39 is 5.54 Å². The van der Waals surface area contributed by atoms with Crippen molar-refractivity contribution in [3.8, 4) is 0 Å². The van der Waals surface area contributed by atoms with E-state index in [0.717, 1.165) is 0 Å². The highest BCUT2D eigenvalue weighted by Crippen LogP contribution is 2.18. The average molecular weight is 231 g/mol. The zero-order chi connectivity index (χ0) is 13.8. The molecule has 0 aromatic rings. The second-order valence-corrected chi connectivity index (χ2v) is 3.15. The summed E-state index contributed by atoms with van der Waals surface area (Å²) in [6.45, 7) is 13.4. The summed E-state index contributed by atoms with van der Waals surface area (Å²) >= 11 is 0. The Bertz CT molecular complexity index is 179. The van der Waals surface area contributed by atoms with E-state index in [2.05, 4.69) is 6.58 Å². The maximum atomic E-state index is 11.4. The number of ether oxygens (including phenoxy) is 1. The summed E-state index contributed by atoms with van der Waals surface area (Å²) in [5.41, 5.74) is -0.587. The standard InChI is InChI=1S/C9H17NO2.2C2H6/c1-6-7-9(2,10(3)4)8(11)12-5;2*1-2/h6H,1,7H2,2-5H3;2*1-2H3. The predicted octanol–water partition coefficient (Wildman–Crippen LogP) is 3.11. The van der Waals surface area contributed by atoms with Crippen molar-refractivity contribution in [2.75, 3.05) is 21.2 Å². The molecule has 0 aromatic carbocycles. The fourth-order valence-electron chi connectivity index (χ4n) is 0.949. The Morgan fingerprint density at radius 2 is 1.69 bits per heavy atom. The first-order valence-electron chi connectivity index (χ1n) is 5.85. The second kappa shape index (κ2) is 12.2. The van der Waals surface area contributed by atoms with Crippen molar-refractivity contribution in [3.05, 3.63) is 12.7 Å². The SMILES string of the molecule is C=CCC(C)(C(=O)OC)N(C)C.CC.CC. The molecule has 1 unspecified atom stereocenters. The van der Waals surface area contributed by atoms with Crippen molar-refractivity contribution >= 4 is 5.97 Å². The number of esters is 1. The Morgan fingerprint density at radius 3 is 1.88 bits per heavy atom. The molecule has 98 valence electrons. The van der Waals surface area contributed by atoms with Crippen LogP contribution >= 0.6 is 0 Å². The van der Waals surface area contributed by atoms with Crippen molar-refractivity contribution in [2.45, 2.75) is 46.6 Å². The summed E-state index contributed by atoms with van der Waals surface area (Å²) < 4.78 is 4.70. The van der Waals surface area contributed by atoms with Gasteiger partial charge in [0, 0.05) is 0 Å².